The summed E-state index contributed by atoms with van der Waals surface area (Å²) < 4.78 is 48.2. The minimum atomic E-state index is -4.45. The molecule has 2 heterocycles. The van der Waals surface area contributed by atoms with Gasteiger partial charge < -0.3 is 14.8 Å². The van der Waals surface area contributed by atoms with Crippen molar-refractivity contribution in [1.82, 2.24) is 4.98 Å². The molecule has 0 aromatic carbocycles. The van der Waals surface area contributed by atoms with Gasteiger partial charge in [-0.1, -0.05) is 11.6 Å². The van der Waals surface area contributed by atoms with E-state index in [1.807, 2.05) is 6.92 Å². The number of alkyl halides is 3. The summed E-state index contributed by atoms with van der Waals surface area (Å²) in [4.78, 5) is 3.69. The highest BCUT2D eigenvalue weighted by atomic mass is 35.5. The van der Waals surface area contributed by atoms with E-state index in [1.165, 1.54) is 0 Å². The molecule has 0 atom stereocenters. The van der Waals surface area contributed by atoms with Crippen LogP contribution in [-0.4, -0.2) is 30.5 Å². The van der Waals surface area contributed by atoms with Crippen LogP contribution in [0, 0.1) is 0 Å². The Kier molecular flexibility index (Phi) is 4.41. The fourth-order valence-electron chi connectivity index (χ4n) is 1.83. The molecule has 0 spiro atoms. The summed E-state index contributed by atoms with van der Waals surface area (Å²) in [6, 6.07) is 0.848. The van der Waals surface area contributed by atoms with Crippen LogP contribution < -0.4 is 5.32 Å². The highest BCUT2D eigenvalue weighted by Gasteiger charge is 2.32. The van der Waals surface area contributed by atoms with Gasteiger partial charge in [0.05, 0.1) is 23.8 Å². The number of aromatic nitrogens is 1. The summed E-state index contributed by atoms with van der Waals surface area (Å²) in [7, 11) is 0. The summed E-state index contributed by atoms with van der Waals surface area (Å²) in [5.74, 6) is -0.452. The monoisotopic (exact) mass is 310 g/mol. The third-order valence-electron chi connectivity index (χ3n) is 2.94. The zero-order chi connectivity index (χ0) is 14.8. The SMILES string of the molecule is CC1(CCNc2ncc(C(F)(F)F)cc2Cl)OCCO1. The van der Waals surface area contributed by atoms with Gasteiger partial charge in [0.25, 0.3) is 0 Å². The van der Waals surface area contributed by atoms with E-state index >= 15 is 0 Å². The number of nitrogens with one attached hydrogen (secondary N) is 1. The molecule has 1 fully saturated rings. The van der Waals surface area contributed by atoms with Crippen LogP contribution in [-0.2, 0) is 15.7 Å². The van der Waals surface area contributed by atoms with Gasteiger partial charge in [-0.3, -0.25) is 0 Å². The van der Waals surface area contributed by atoms with Crippen molar-refractivity contribution in [1.29, 1.82) is 0 Å². The first kappa shape index (κ1) is 15.3. The smallest absolute Gasteiger partial charge is 0.369 e. The second-order valence-electron chi connectivity index (χ2n) is 4.56. The van der Waals surface area contributed by atoms with Gasteiger partial charge in [0.1, 0.15) is 5.82 Å². The van der Waals surface area contributed by atoms with Gasteiger partial charge in [-0.2, -0.15) is 13.2 Å². The highest BCUT2D eigenvalue weighted by Crippen LogP contribution is 2.32. The topological polar surface area (TPSA) is 43.4 Å². The molecule has 0 amide bonds. The maximum Gasteiger partial charge on any atom is 0.417 e. The molecule has 1 aromatic heterocycles. The lowest BCUT2D eigenvalue weighted by atomic mass is 10.2. The first-order valence-electron chi connectivity index (χ1n) is 6.05. The Balaban J connectivity index is 1.93. The lowest BCUT2D eigenvalue weighted by Crippen LogP contribution is -2.28. The van der Waals surface area contributed by atoms with Crippen molar-refractivity contribution in [2.24, 2.45) is 0 Å². The fourth-order valence-corrected chi connectivity index (χ4v) is 2.07. The summed E-state index contributed by atoms with van der Waals surface area (Å²) in [5.41, 5.74) is -0.873. The first-order chi connectivity index (χ1) is 9.30. The molecule has 112 valence electrons. The first-order valence-corrected chi connectivity index (χ1v) is 6.42. The Morgan fingerprint density at radius 3 is 2.60 bits per heavy atom. The van der Waals surface area contributed by atoms with Gasteiger partial charge >= 0.3 is 6.18 Å². The Morgan fingerprint density at radius 1 is 1.40 bits per heavy atom. The average Bonchev–Trinajstić information content (AvgIpc) is 2.77. The van der Waals surface area contributed by atoms with Gasteiger partial charge in [-0.05, 0) is 13.0 Å². The van der Waals surface area contributed by atoms with Gasteiger partial charge in [-0.15, -0.1) is 0 Å². The minimum Gasteiger partial charge on any atom is -0.369 e. The third kappa shape index (κ3) is 3.74. The fraction of sp³-hybridized carbons (Fsp3) is 0.583. The molecule has 1 N–H and O–H groups in total. The van der Waals surface area contributed by atoms with Crippen molar-refractivity contribution in [2.45, 2.75) is 25.3 Å². The predicted molar refractivity (Wildman–Crippen MR) is 67.7 cm³/mol. The minimum absolute atomic E-state index is 0.0711. The molecule has 0 saturated carbocycles. The number of rotatable bonds is 4. The molecule has 1 saturated heterocycles. The van der Waals surface area contributed by atoms with Crippen LogP contribution in [0.4, 0.5) is 19.0 Å². The molecular weight excluding hydrogens is 297 g/mol. The Hall–Kier alpha value is -1.05. The maximum atomic E-state index is 12.5. The zero-order valence-corrected chi connectivity index (χ0v) is 11.5. The summed E-state index contributed by atoms with van der Waals surface area (Å²) in [6.45, 7) is 3.31. The number of ether oxygens (including phenoxy) is 2. The molecule has 1 aliphatic heterocycles. The van der Waals surface area contributed by atoms with Gasteiger partial charge in [0.2, 0.25) is 0 Å². The van der Waals surface area contributed by atoms with E-state index in [4.69, 9.17) is 21.1 Å². The normalized spacial score (nSPS) is 18.2. The molecule has 0 radical (unpaired) electrons. The van der Waals surface area contributed by atoms with Crippen molar-refractivity contribution in [3.8, 4) is 0 Å². The van der Waals surface area contributed by atoms with E-state index in [9.17, 15) is 13.2 Å². The van der Waals surface area contributed by atoms with E-state index in [0.29, 0.717) is 26.2 Å². The lowest BCUT2D eigenvalue weighted by molar-refractivity contribution is -0.144. The van der Waals surface area contributed by atoms with Crippen LogP contribution in [0.3, 0.4) is 0 Å². The number of nitrogens with zero attached hydrogens (tertiary/aromatic N) is 1. The highest BCUT2D eigenvalue weighted by molar-refractivity contribution is 6.32. The summed E-state index contributed by atoms with van der Waals surface area (Å²) in [6.07, 6.45) is -3.17. The summed E-state index contributed by atoms with van der Waals surface area (Å²) in [5, 5.41) is 2.80. The van der Waals surface area contributed by atoms with Crippen molar-refractivity contribution in [2.75, 3.05) is 25.1 Å². The zero-order valence-electron chi connectivity index (χ0n) is 10.8. The predicted octanol–water partition coefficient (Wildman–Crippen LogP) is 3.32. The quantitative estimate of drug-likeness (QED) is 0.926. The van der Waals surface area contributed by atoms with Crippen molar-refractivity contribution in [3.63, 3.8) is 0 Å². The standard InChI is InChI=1S/C12H14ClF3N2O2/c1-11(19-4-5-20-11)2-3-17-10-9(13)6-8(7-18-10)12(14,15)16/h6-7H,2-5H2,1H3,(H,17,18). The Morgan fingerprint density at radius 2 is 2.05 bits per heavy atom. The second kappa shape index (κ2) is 5.75. The number of hydrogen-bond donors (Lipinski definition) is 1. The van der Waals surface area contributed by atoms with Crippen LogP contribution in [0.1, 0.15) is 18.9 Å². The van der Waals surface area contributed by atoms with E-state index in [1.54, 1.807) is 0 Å². The molecule has 0 aliphatic carbocycles. The van der Waals surface area contributed by atoms with Crippen LogP contribution in [0.5, 0.6) is 0 Å². The molecular formula is C12H14ClF3N2O2. The van der Waals surface area contributed by atoms with E-state index in [2.05, 4.69) is 10.3 Å². The Labute approximate surface area is 119 Å². The lowest BCUT2D eigenvalue weighted by Gasteiger charge is -2.22. The second-order valence-corrected chi connectivity index (χ2v) is 4.97. The van der Waals surface area contributed by atoms with E-state index < -0.39 is 17.5 Å². The maximum absolute atomic E-state index is 12.5. The van der Waals surface area contributed by atoms with Crippen molar-refractivity contribution in [3.05, 3.63) is 22.8 Å². The molecule has 0 unspecified atom stereocenters. The van der Waals surface area contributed by atoms with Gasteiger partial charge in [0.15, 0.2) is 5.79 Å². The third-order valence-corrected chi connectivity index (χ3v) is 3.23. The number of halogens is 4. The van der Waals surface area contributed by atoms with Crippen LogP contribution in [0.25, 0.3) is 0 Å². The Bertz CT molecular complexity index is 476. The molecule has 1 aromatic rings. The number of hydrogen-bond acceptors (Lipinski definition) is 4. The van der Waals surface area contributed by atoms with Crippen LogP contribution in [0.2, 0.25) is 5.02 Å². The average molecular weight is 311 g/mol. The molecule has 8 heteroatoms. The molecule has 20 heavy (non-hydrogen) atoms. The van der Waals surface area contributed by atoms with Gasteiger partial charge in [-0.25, -0.2) is 4.98 Å². The molecule has 4 nitrogen and oxygen atoms in total. The number of pyridine rings is 1. The molecule has 2 rings (SSSR count). The van der Waals surface area contributed by atoms with E-state index in [-0.39, 0.29) is 10.8 Å². The van der Waals surface area contributed by atoms with Gasteiger partial charge in [0, 0.05) is 19.2 Å². The van der Waals surface area contributed by atoms with Crippen molar-refractivity contribution < 1.29 is 22.6 Å². The number of anilines is 1. The largest absolute Gasteiger partial charge is 0.417 e. The molecule has 0 bridgehead atoms. The summed E-state index contributed by atoms with van der Waals surface area (Å²) >= 11 is 5.78. The van der Waals surface area contributed by atoms with Crippen LogP contribution >= 0.6 is 11.6 Å². The molecule has 1 aliphatic rings. The van der Waals surface area contributed by atoms with Crippen LogP contribution in [0.15, 0.2) is 12.3 Å². The van der Waals surface area contributed by atoms with E-state index in [0.717, 1.165) is 12.3 Å². The van der Waals surface area contributed by atoms with Crippen molar-refractivity contribution >= 4 is 17.4 Å².